The zero-order valence-electron chi connectivity index (χ0n) is 12.4. The topological polar surface area (TPSA) is 64.0 Å². The van der Waals surface area contributed by atoms with Gasteiger partial charge in [-0.1, -0.05) is 40.2 Å². The second-order valence-electron chi connectivity index (χ2n) is 5.11. The van der Waals surface area contributed by atoms with Crippen molar-refractivity contribution in [2.75, 3.05) is 0 Å². The number of amides is 1. The van der Waals surface area contributed by atoms with Crippen LogP contribution in [0.5, 0.6) is 0 Å². The van der Waals surface area contributed by atoms with Gasteiger partial charge in [0, 0.05) is 22.5 Å². The van der Waals surface area contributed by atoms with Crippen molar-refractivity contribution in [1.29, 1.82) is 0 Å². The minimum atomic E-state index is -0.189. The van der Waals surface area contributed by atoms with Crippen LogP contribution in [0.25, 0.3) is 10.8 Å². The minimum Gasteiger partial charge on any atom is -0.346 e. The number of hydrogen-bond donors (Lipinski definition) is 1. The van der Waals surface area contributed by atoms with E-state index in [2.05, 4.69) is 26.3 Å². The molecule has 2 aromatic carbocycles. The Morgan fingerprint density at radius 2 is 1.91 bits per heavy atom. The summed E-state index contributed by atoms with van der Waals surface area (Å²) in [5.41, 5.74) is 1.07. The van der Waals surface area contributed by atoms with E-state index in [1.807, 2.05) is 24.3 Å². The molecule has 1 amide bonds. The molecule has 0 unspecified atom stereocenters. The molecule has 3 rings (SSSR count). The molecular weight excluding hydrogens is 358 g/mol. The van der Waals surface area contributed by atoms with Crippen molar-refractivity contribution in [1.82, 2.24) is 15.1 Å². The first kappa shape index (κ1) is 15.4. The van der Waals surface area contributed by atoms with E-state index in [9.17, 15) is 9.59 Å². The zero-order valence-corrected chi connectivity index (χ0v) is 14.0. The van der Waals surface area contributed by atoms with Crippen LogP contribution in [0.3, 0.4) is 0 Å². The zero-order chi connectivity index (χ0) is 16.4. The third-order valence-electron chi connectivity index (χ3n) is 3.54. The number of halogens is 1. The van der Waals surface area contributed by atoms with Gasteiger partial charge in [-0.3, -0.25) is 9.59 Å². The molecule has 1 N–H and O–H groups in total. The van der Waals surface area contributed by atoms with E-state index in [-0.39, 0.29) is 18.0 Å². The van der Waals surface area contributed by atoms with E-state index in [0.717, 1.165) is 9.86 Å². The lowest BCUT2D eigenvalue weighted by Gasteiger charge is -2.09. The van der Waals surface area contributed by atoms with E-state index in [0.29, 0.717) is 16.6 Å². The Morgan fingerprint density at radius 3 is 2.65 bits per heavy atom. The number of nitrogens with zero attached hydrogens (tertiary/aromatic N) is 2. The first-order valence-corrected chi connectivity index (χ1v) is 7.84. The smallest absolute Gasteiger partial charge is 0.274 e. The van der Waals surface area contributed by atoms with Crippen LogP contribution in [0.1, 0.15) is 16.1 Å². The summed E-state index contributed by atoms with van der Waals surface area (Å²) in [4.78, 5) is 24.3. The van der Waals surface area contributed by atoms with Gasteiger partial charge in [-0.2, -0.15) is 5.10 Å². The maximum absolute atomic E-state index is 12.2. The number of carbonyl (C=O) groups is 1. The van der Waals surface area contributed by atoms with Crippen molar-refractivity contribution < 1.29 is 4.79 Å². The van der Waals surface area contributed by atoms with Crippen LogP contribution < -0.4 is 10.9 Å². The fourth-order valence-electron chi connectivity index (χ4n) is 2.40. The van der Waals surface area contributed by atoms with Crippen molar-refractivity contribution >= 4 is 32.6 Å². The largest absolute Gasteiger partial charge is 0.346 e. The van der Waals surface area contributed by atoms with Crippen LogP contribution in [-0.2, 0) is 13.6 Å². The van der Waals surface area contributed by atoms with Gasteiger partial charge in [0.05, 0.1) is 17.6 Å². The summed E-state index contributed by atoms with van der Waals surface area (Å²) in [5, 5.41) is 8.46. The number of rotatable bonds is 3. The Labute approximate surface area is 141 Å². The van der Waals surface area contributed by atoms with Gasteiger partial charge >= 0.3 is 0 Å². The Balaban J connectivity index is 1.89. The Hall–Kier alpha value is -2.47. The summed E-state index contributed by atoms with van der Waals surface area (Å²) in [6.45, 7) is 0.250. The van der Waals surface area contributed by atoms with Gasteiger partial charge in [0.2, 0.25) is 0 Å². The van der Waals surface area contributed by atoms with Gasteiger partial charge in [-0.25, -0.2) is 4.68 Å². The normalized spacial score (nSPS) is 10.7. The number of benzene rings is 2. The number of nitrogens with one attached hydrogen (secondary N) is 1. The van der Waals surface area contributed by atoms with Gasteiger partial charge in [-0.15, -0.1) is 0 Å². The molecule has 0 atom stereocenters. The molecule has 0 aliphatic carbocycles. The third-order valence-corrected chi connectivity index (χ3v) is 4.03. The van der Waals surface area contributed by atoms with Gasteiger partial charge in [0.15, 0.2) is 0 Å². The van der Waals surface area contributed by atoms with Crippen molar-refractivity contribution in [3.05, 3.63) is 74.6 Å². The highest BCUT2D eigenvalue weighted by Gasteiger charge is 2.11. The Kier molecular flexibility index (Phi) is 4.25. The average molecular weight is 372 g/mol. The molecule has 1 aromatic heterocycles. The SMILES string of the molecule is Cn1nc(CNC(=O)c2cccc(Br)c2)c2ccccc2c1=O. The molecule has 0 fully saturated rings. The molecule has 6 heteroatoms. The molecule has 3 aromatic rings. The maximum Gasteiger partial charge on any atom is 0.274 e. The predicted octanol–water partition coefficient (Wildman–Crippen LogP) is 2.63. The van der Waals surface area contributed by atoms with Crippen LogP contribution in [0.4, 0.5) is 0 Å². The fourth-order valence-corrected chi connectivity index (χ4v) is 2.80. The number of carbonyl (C=O) groups excluding carboxylic acids is 1. The molecule has 0 saturated heterocycles. The molecule has 0 radical (unpaired) electrons. The highest BCUT2D eigenvalue weighted by molar-refractivity contribution is 9.10. The lowest BCUT2D eigenvalue weighted by molar-refractivity contribution is 0.0950. The van der Waals surface area contributed by atoms with Crippen LogP contribution in [0, 0.1) is 0 Å². The lowest BCUT2D eigenvalue weighted by atomic mass is 10.1. The van der Waals surface area contributed by atoms with Gasteiger partial charge < -0.3 is 5.32 Å². The molecule has 0 saturated carbocycles. The first-order valence-electron chi connectivity index (χ1n) is 7.05. The molecule has 5 nitrogen and oxygen atoms in total. The number of fused-ring (bicyclic) bond motifs is 1. The summed E-state index contributed by atoms with van der Waals surface area (Å²) in [5.74, 6) is -0.189. The highest BCUT2D eigenvalue weighted by Crippen LogP contribution is 2.14. The average Bonchev–Trinajstić information content (AvgIpc) is 2.56. The number of aryl methyl sites for hydroxylation is 1. The lowest BCUT2D eigenvalue weighted by Crippen LogP contribution is -2.27. The highest BCUT2D eigenvalue weighted by atomic mass is 79.9. The van der Waals surface area contributed by atoms with Crippen molar-refractivity contribution in [2.24, 2.45) is 7.05 Å². The van der Waals surface area contributed by atoms with Gasteiger partial charge in [-0.05, 0) is 24.3 Å². The Morgan fingerprint density at radius 1 is 1.17 bits per heavy atom. The van der Waals surface area contributed by atoms with Crippen LogP contribution >= 0.6 is 15.9 Å². The molecule has 1 heterocycles. The van der Waals surface area contributed by atoms with Crippen molar-refractivity contribution in [3.63, 3.8) is 0 Å². The Bertz CT molecular complexity index is 950. The van der Waals surface area contributed by atoms with Crippen molar-refractivity contribution in [3.8, 4) is 0 Å². The van der Waals surface area contributed by atoms with E-state index in [1.165, 1.54) is 4.68 Å². The number of hydrogen-bond acceptors (Lipinski definition) is 3. The summed E-state index contributed by atoms with van der Waals surface area (Å²) in [7, 11) is 1.61. The molecule has 0 aliphatic rings. The van der Waals surface area contributed by atoms with Crippen molar-refractivity contribution in [2.45, 2.75) is 6.54 Å². The van der Waals surface area contributed by atoms with E-state index in [4.69, 9.17) is 0 Å². The summed E-state index contributed by atoms with van der Waals surface area (Å²) in [6.07, 6.45) is 0. The van der Waals surface area contributed by atoms with Crippen LogP contribution in [-0.4, -0.2) is 15.7 Å². The number of aromatic nitrogens is 2. The third kappa shape index (κ3) is 3.17. The molecule has 0 aliphatic heterocycles. The predicted molar refractivity (Wildman–Crippen MR) is 92.3 cm³/mol. The monoisotopic (exact) mass is 371 g/mol. The molecular formula is C17H14BrN3O2. The summed E-state index contributed by atoms with van der Waals surface area (Å²) in [6, 6.07) is 14.4. The molecule has 116 valence electrons. The maximum atomic E-state index is 12.2. The fraction of sp³-hybridized carbons (Fsp3) is 0.118. The second-order valence-corrected chi connectivity index (χ2v) is 6.03. The van der Waals surface area contributed by atoms with Crippen LogP contribution in [0.15, 0.2) is 57.8 Å². The minimum absolute atomic E-state index is 0.150. The second kappa shape index (κ2) is 6.34. The van der Waals surface area contributed by atoms with E-state index < -0.39 is 0 Å². The molecule has 0 bridgehead atoms. The summed E-state index contributed by atoms with van der Waals surface area (Å²) >= 11 is 3.35. The standard InChI is InChI=1S/C17H14BrN3O2/c1-21-17(23)14-8-3-2-7-13(14)15(20-21)10-19-16(22)11-5-4-6-12(18)9-11/h2-9H,10H2,1H3,(H,19,22). The first-order chi connectivity index (χ1) is 11.1. The molecule has 0 spiro atoms. The van der Waals surface area contributed by atoms with Crippen LogP contribution in [0.2, 0.25) is 0 Å². The molecule has 23 heavy (non-hydrogen) atoms. The van der Waals surface area contributed by atoms with E-state index >= 15 is 0 Å². The summed E-state index contributed by atoms with van der Waals surface area (Å²) < 4.78 is 2.14. The van der Waals surface area contributed by atoms with Gasteiger partial charge in [0.25, 0.3) is 11.5 Å². The van der Waals surface area contributed by atoms with E-state index in [1.54, 1.807) is 31.3 Å². The van der Waals surface area contributed by atoms with Gasteiger partial charge in [0.1, 0.15) is 0 Å². The quantitative estimate of drug-likeness (QED) is 0.769.